The maximum atomic E-state index is 13.7. The molecule has 0 unspecified atom stereocenters. The lowest BCUT2D eigenvalue weighted by atomic mass is 10.2. The third-order valence-electron chi connectivity index (χ3n) is 4.49. The van der Waals surface area contributed by atoms with Gasteiger partial charge in [-0.15, -0.1) is 0 Å². The van der Waals surface area contributed by atoms with Gasteiger partial charge in [0.15, 0.2) is 0 Å². The van der Waals surface area contributed by atoms with Crippen LogP contribution in [0.15, 0.2) is 62.8 Å². The van der Waals surface area contributed by atoms with E-state index in [-0.39, 0.29) is 41.4 Å². The quantitative estimate of drug-likeness (QED) is 0.308. The Balaban J connectivity index is 2.01. The first-order valence-corrected chi connectivity index (χ1v) is 14.1. The van der Waals surface area contributed by atoms with Gasteiger partial charge in [0.05, 0.1) is 26.4 Å². The Morgan fingerprint density at radius 2 is 1.51 bits per heavy atom. The Morgan fingerprint density at radius 1 is 0.886 bits per heavy atom. The van der Waals surface area contributed by atoms with Gasteiger partial charge in [0, 0.05) is 17.0 Å². The topological polar surface area (TPSA) is 121 Å². The van der Waals surface area contributed by atoms with Crippen molar-refractivity contribution in [1.29, 1.82) is 0 Å². The number of hydrogen-bond acceptors (Lipinski definition) is 5. The molecule has 35 heavy (non-hydrogen) atoms. The minimum Gasteiger partial charge on any atom is -0.325 e. The summed E-state index contributed by atoms with van der Waals surface area (Å²) in [6, 6.07) is 9.63. The highest BCUT2D eigenvalue weighted by atomic mass is 79.9. The molecule has 0 spiro atoms. The molecule has 186 valence electrons. The summed E-state index contributed by atoms with van der Waals surface area (Å²) in [7, 11) is -8.44. The van der Waals surface area contributed by atoms with Crippen LogP contribution in [0.3, 0.4) is 0 Å². The zero-order valence-corrected chi connectivity index (χ0v) is 22.7. The molecule has 0 aliphatic carbocycles. The van der Waals surface area contributed by atoms with Crippen LogP contribution >= 0.6 is 39.1 Å². The normalized spacial score (nSPS) is 11.7. The minimum atomic E-state index is -4.29. The first kappa shape index (κ1) is 27.2. The number of hydrogen-bond donors (Lipinski definition) is 3. The van der Waals surface area contributed by atoms with Gasteiger partial charge in [-0.2, -0.15) is 0 Å². The van der Waals surface area contributed by atoms with E-state index in [0.717, 1.165) is 25.1 Å². The van der Waals surface area contributed by atoms with Crippen molar-refractivity contribution in [2.24, 2.45) is 0 Å². The van der Waals surface area contributed by atoms with Crippen molar-refractivity contribution in [3.8, 4) is 0 Å². The lowest BCUT2D eigenvalue weighted by Crippen LogP contribution is -2.18. The van der Waals surface area contributed by atoms with E-state index in [0.29, 0.717) is 5.56 Å². The number of aryl methyl sites for hydroxylation is 1. The summed E-state index contributed by atoms with van der Waals surface area (Å²) in [4.78, 5) is 11.2. The van der Waals surface area contributed by atoms with Crippen LogP contribution in [0.5, 0.6) is 0 Å². The van der Waals surface area contributed by atoms with Crippen LogP contribution in [-0.4, -0.2) is 22.7 Å². The van der Waals surface area contributed by atoms with Crippen LogP contribution in [-0.2, 0) is 24.8 Å². The van der Waals surface area contributed by atoms with E-state index < -0.39 is 31.8 Å². The Bertz CT molecular complexity index is 1530. The highest BCUT2D eigenvalue weighted by molar-refractivity contribution is 9.10. The monoisotopic (exact) mass is 623 g/mol. The van der Waals surface area contributed by atoms with E-state index >= 15 is 0 Å². The number of sulfonamides is 2. The SMILES string of the molecule is CC(=O)Nc1cc(NS(=O)(=O)c2cc(Cl)cc(Cl)c2)ccc1S(=O)(=O)Nc1cc(Br)c(F)cc1C. The summed E-state index contributed by atoms with van der Waals surface area (Å²) in [5, 5.41) is 2.59. The molecule has 0 heterocycles. The molecule has 3 aromatic carbocycles. The highest BCUT2D eigenvalue weighted by Gasteiger charge is 2.23. The Kier molecular flexibility index (Phi) is 8.02. The molecule has 0 saturated heterocycles. The van der Waals surface area contributed by atoms with Gasteiger partial charge >= 0.3 is 0 Å². The fraction of sp³-hybridized carbons (Fsp3) is 0.0952. The van der Waals surface area contributed by atoms with E-state index in [2.05, 4.69) is 30.7 Å². The Morgan fingerprint density at radius 3 is 2.11 bits per heavy atom. The molecule has 0 atom stereocenters. The lowest BCUT2D eigenvalue weighted by molar-refractivity contribution is -0.114. The molecule has 3 N–H and O–H groups in total. The number of carbonyl (C=O) groups excluding carboxylic acids is 1. The summed E-state index contributed by atoms with van der Waals surface area (Å²) in [6.07, 6.45) is 0. The van der Waals surface area contributed by atoms with Crippen LogP contribution < -0.4 is 14.8 Å². The van der Waals surface area contributed by atoms with E-state index in [1.54, 1.807) is 0 Å². The average molecular weight is 625 g/mol. The second-order valence-electron chi connectivity index (χ2n) is 7.29. The number of rotatable bonds is 7. The zero-order chi connectivity index (χ0) is 26.1. The molecule has 0 saturated carbocycles. The Hall–Kier alpha value is -2.38. The summed E-state index contributed by atoms with van der Waals surface area (Å²) < 4.78 is 70.2. The van der Waals surface area contributed by atoms with Crippen LogP contribution in [0.1, 0.15) is 12.5 Å². The van der Waals surface area contributed by atoms with Gasteiger partial charge in [-0.3, -0.25) is 14.2 Å². The highest BCUT2D eigenvalue weighted by Crippen LogP contribution is 2.31. The van der Waals surface area contributed by atoms with Gasteiger partial charge in [0.2, 0.25) is 5.91 Å². The predicted molar refractivity (Wildman–Crippen MR) is 138 cm³/mol. The summed E-state index contributed by atoms with van der Waals surface area (Å²) >= 11 is 14.8. The molecule has 0 fully saturated rings. The second kappa shape index (κ2) is 10.3. The van der Waals surface area contributed by atoms with Crippen molar-refractivity contribution in [3.05, 3.63) is 74.4 Å². The second-order valence-corrected chi connectivity index (χ2v) is 12.3. The smallest absolute Gasteiger partial charge is 0.263 e. The number of anilines is 3. The molecular formula is C21H17BrCl2FN3O5S2. The van der Waals surface area contributed by atoms with Gasteiger partial charge < -0.3 is 5.32 Å². The van der Waals surface area contributed by atoms with Gasteiger partial charge in [-0.1, -0.05) is 23.2 Å². The van der Waals surface area contributed by atoms with Crippen molar-refractivity contribution in [2.75, 3.05) is 14.8 Å². The average Bonchev–Trinajstić information content (AvgIpc) is 2.70. The van der Waals surface area contributed by atoms with E-state index in [4.69, 9.17) is 23.2 Å². The largest absolute Gasteiger partial charge is 0.325 e. The fourth-order valence-corrected chi connectivity index (χ4v) is 6.35. The van der Waals surface area contributed by atoms with Gasteiger partial charge in [-0.05, 0) is 76.9 Å². The number of halogens is 4. The molecule has 3 aromatic rings. The fourth-order valence-electron chi connectivity index (χ4n) is 2.97. The van der Waals surface area contributed by atoms with Crippen LogP contribution in [0.2, 0.25) is 10.0 Å². The molecular weight excluding hydrogens is 608 g/mol. The first-order chi connectivity index (χ1) is 16.2. The van der Waals surface area contributed by atoms with E-state index in [9.17, 15) is 26.0 Å². The van der Waals surface area contributed by atoms with Crippen molar-refractivity contribution in [2.45, 2.75) is 23.6 Å². The third-order valence-corrected chi connectivity index (χ3v) is 8.32. The lowest BCUT2D eigenvalue weighted by Gasteiger charge is -2.16. The van der Waals surface area contributed by atoms with Crippen molar-refractivity contribution < 1.29 is 26.0 Å². The number of amides is 1. The van der Waals surface area contributed by atoms with E-state index in [1.165, 1.54) is 37.3 Å². The Labute approximate surface area is 220 Å². The zero-order valence-electron chi connectivity index (χ0n) is 18.0. The number of carbonyl (C=O) groups is 1. The number of nitrogens with one attached hydrogen (secondary N) is 3. The van der Waals surface area contributed by atoms with Gasteiger partial charge in [0.25, 0.3) is 20.0 Å². The minimum absolute atomic E-state index is 0.0375. The molecule has 0 aliphatic rings. The molecule has 0 bridgehead atoms. The maximum absolute atomic E-state index is 13.7. The summed E-state index contributed by atoms with van der Waals surface area (Å²) in [5.41, 5.74) is 0.201. The van der Waals surface area contributed by atoms with Crippen molar-refractivity contribution in [3.63, 3.8) is 0 Å². The van der Waals surface area contributed by atoms with Crippen LogP contribution in [0, 0.1) is 12.7 Å². The maximum Gasteiger partial charge on any atom is 0.263 e. The summed E-state index contributed by atoms with van der Waals surface area (Å²) in [6.45, 7) is 2.68. The van der Waals surface area contributed by atoms with Crippen molar-refractivity contribution >= 4 is 82.1 Å². The van der Waals surface area contributed by atoms with Gasteiger partial charge in [0.1, 0.15) is 10.7 Å². The van der Waals surface area contributed by atoms with Crippen LogP contribution in [0.4, 0.5) is 21.5 Å². The van der Waals surface area contributed by atoms with E-state index in [1.807, 2.05) is 0 Å². The van der Waals surface area contributed by atoms with Crippen LogP contribution in [0.25, 0.3) is 0 Å². The first-order valence-electron chi connectivity index (χ1n) is 9.57. The molecule has 0 radical (unpaired) electrons. The predicted octanol–water partition coefficient (Wildman–Crippen LogP) is 5.76. The molecule has 0 aliphatic heterocycles. The standard InChI is InChI=1S/C21H17BrCl2FN3O5S2/c1-11-5-18(25)17(22)10-19(11)28-35(32,33)21-4-3-15(9-20(21)26-12(2)29)27-34(30,31)16-7-13(23)6-14(24)8-16/h3-10,27-28H,1-2H3,(H,26,29). The van der Waals surface area contributed by atoms with Crippen molar-refractivity contribution in [1.82, 2.24) is 0 Å². The molecule has 8 nitrogen and oxygen atoms in total. The summed E-state index contributed by atoms with van der Waals surface area (Å²) in [5.74, 6) is -1.16. The van der Waals surface area contributed by atoms with Gasteiger partial charge in [-0.25, -0.2) is 21.2 Å². The molecule has 1 amide bonds. The third kappa shape index (κ3) is 6.64. The molecule has 0 aromatic heterocycles. The molecule has 3 rings (SSSR count). The molecule has 14 heteroatoms. The number of benzene rings is 3.